The molecule has 0 saturated heterocycles. The molecule has 1 aromatic rings. The van der Waals surface area contributed by atoms with Crippen molar-refractivity contribution in [3.8, 4) is 0 Å². The first-order chi connectivity index (χ1) is 9.40. The van der Waals surface area contributed by atoms with Gasteiger partial charge in [0, 0.05) is 29.5 Å². The maximum Gasteiger partial charge on any atom is 0.251 e. The van der Waals surface area contributed by atoms with Crippen LogP contribution < -0.4 is 10.6 Å². The quantitative estimate of drug-likeness (QED) is 0.836. The molecule has 0 aliphatic heterocycles. The van der Waals surface area contributed by atoms with Crippen molar-refractivity contribution in [2.75, 3.05) is 13.1 Å². The molecule has 0 bridgehead atoms. The third kappa shape index (κ3) is 5.74. The average Bonchev–Trinajstić information content (AvgIpc) is 2.39. The lowest BCUT2D eigenvalue weighted by atomic mass is 10.1. The molecule has 0 aliphatic carbocycles. The second kappa shape index (κ2) is 8.04. The van der Waals surface area contributed by atoms with Gasteiger partial charge in [0.1, 0.15) is 0 Å². The highest BCUT2D eigenvalue weighted by Crippen LogP contribution is 2.16. The minimum atomic E-state index is -0.155. The van der Waals surface area contributed by atoms with Crippen LogP contribution in [0.5, 0.6) is 0 Å². The van der Waals surface area contributed by atoms with E-state index in [1.54, 1.807) is 6.07 Å². The third-order valence-electron chi connectivity index (χ3n) is 2.77. The van der Waals surface area contributed by atoms with Crippen LogP contribution in [0, 0.1) is 12.8 Å². The Morgan fingerprint density at radius 1 is 1.25 bits per heavy atom. The zero-order valence-electron chi connectivity index (χ0n) is 12.1. The molecule has 0 aromatic heterocycles. The second-order valence-electron chi connectivity index (χ2n) is 5.17. The number of benzene rings is 1. The Labute approximate surface area is 128 Å². The van der Waals surface area contributed by atoms with Crippen LogP contribution in [-0.4, -0.2) is 24.9 Å². The molecule has 0 unspecified atom stereocenters. The maximum atomic E-state index is 11.9. The maximum absolute atomic E-state index is 11.9. The predicted octanol–water partition coefficient (Wildman–Crippen LogP) is 2.65. The summed E-state index contributed by atoms with van der Waals surface area (Å²) in [5, 5.41) is 5.56. The molecular formula is C15H21BrN2O2. The Hall–Kier alpha value is -1.36. The van der Waals surface area contributed by atoms with Crippen molar-refractivity contribution in [2.24, 2.45) is 5.92 Å². The lowest BCUT2D eigenvalue weighted by molar-refractivity contribution is -0.121. The number of hydrogen-bond donors (Lipinski definition) is 2. The van der Waals surface area contributed by atoms with Crippen LogP contribution in [0.2, 0.25) is 0 Å². The molecule has 20 heavy (non-hydrogen) atoms. The molecule has 4 nitrogen and oxygen atoms in total. The molecule has 0 spiro atoms. The van der Waals surface area contributed by atoms with Crippen LogP contribution >= 0.6 is 15.9 Å². The van der Waals surface area contributed by atoms with Crippen molar-refractivity contribution < 1.29 is 9.59 Å². The summed E-state index contributed by atoms with van der Waals surface area (Å²) in [6, 6.07) is 5.42. The zero-order valence-corrected chi connectivity index (χ0v) is 13.7. The Kier molecular flexibility index (Phi) is 6.71. The van der Waals surface area contributed by atoms with Gasteiger partial charge in [0.15, 0.2) is 0 Å². The Balaban J connectivity index is 2.36. The van der Waals surface area contributed by atoms with Gasteiger partial charge in [-0.2, -0.15) is 0 Å². The Morgan fingerprint density at radius 2 is 1.95 bits per heavy atom. The third-order valence-corrected chi connectivity index (χ3v) is 3.65. The molecular weight excluding hydrogens is 320 g/mol. The molecule has 1 aromatic carbocycles. The lowest BCUT2D eigenvalue weighted by Gasteiger charge is -2.09. The minimum absolute atomic E-state index is 0.0361. The molecule has 0 aliphatic rings. The first-order valence-electron chi connectivity index (χ1n) is 6.71. The van der Waals surface area contributed by atoms with Crippen LogP contribution in [0.25, 0.3) is 0 Å². The lowest BCUT2D eigenvalue weighted by Crippen LogP contribution is -2.32. The number of carbonyl (C=O) groups is 2. The molecule has 2 N–H and O–H groups in total. The highest BCUT2D eigenvalue weighted by atomic mass is 79.9. The fourth-order valence-electron chi connectivity index (χ4n) is 1.58. The summed E-state index contributed by atoms with van der Waals surface area (Å²) in [6.07, 6.45) is 0.300. The summed E-state index contributed by atoms with van der Waals surface area (Å²) in [7, 11) is 0. The normalized spacial score (nSPS) is 10.4. The number of aryl methyl sites for hydroxylation is 1. The topological polar surface area (TPSA) is 58.2 Å². The fraction of sp³-hybridized carbons (Fsp3) is 0.467. The van der Waals surface area contributed by atoms with Crippen LogP contribution in [-0.2, 0) is 4.79 Å². The number of hydrogen-bond acceptors (Lipinski definition) is 2. The number of halogens is 1. The van der Waals surface area contributed by atoms with Gasteiger partial charge in [-0.3, -0.25) is 9.59 Å². The molecule has 0 atom stereocenters. The standard InChI is InChI=1S/C15H21BrN2O2/c1-10(2)9-18-14(19)6-7-17-15(20)12-4-5-13(16)11(3)8-12/h4-5,8,10H,6-7,9H2,1-3H3,(H,17,20)(H,18,19). The Morgan fingerprint density at radius 3 is 2.55 bits per heavy atom. The van der Waals surface area contributed by atoms with E-state index < -0.39 is 0 Å². The van der Waals surface area contributed by atoms with Gasteiger partial charge in [0.25, 0.3) is 5.91 Å². The van der Waals surface area contributed by atoms with Crippen molar-refractivity contribution in [1.29, 1.82) is 0 Å². The van der Waals surface area contributed by atoms with E-state index in [0.717, 1.165) is 10.0 Å². The van der Waals surface area contributed by atoms with E-state index in [9.17, 15) is 9.59 Å². The smallest absolute Gasteiger partial charge is 0.251 e. The molecule has 1 rings (SSSR count). The zero-order chi connectivity index (χ0) is 15.1. The van der Waals surface area contributed by atoms with E-state index in [4.69, 9.17) is 0 Å². The summed E-state index contributed by atoms with van der Waals surface area (Å²) in [5.74, 6) is 0.238. The van der Waals surface area contributed by atoms with Gasteiger partial charge in [-0.25, -0.2) is 0 Å². The molecule has 0 heterocycles. The van der Waals surface area contributed by atoms with Crippen molar-refractivity contribution >= 4 is 27.7 Å². The van der Waals surface area contributed by atoms with Crippen LogP contribution in [0.1, 0.15) is 36.2 Å². The van der Waals surface area contributed by atoms with Crippen molar-refractivity contribution in [1.82, 2.24) is 10.6 Å². The summed E-state index contributed by atoms with van der Waals surface area (Å²) < 4.78 is 0.974. The molecule has 2 amide bonds. The van der Waals surface area contributed by atoms with Gasteiger partial charge < -0.3 is 10.6 Å². The summed E-state index contributed by atoms with van der Waals surface area (Å²) in [6.45, 7) is 7.02. The van der Waals surface area contributed by atoms with Gasteiger partial charge in [-0.1, -0.05) is 29.8 Å². The van der Waals surface area contributed by atoms with Gasteiger partial charge >= 0.3 is 0 Å². The fourth-order valence-corrected chi connectivity index (χ4v) is 1.83. The van der Waals surface area contributed by atoms with Crippen molar-refractivity contribution in [2.45, 2.75) is 27.2 Å². The van der Waals surface area contributed by atoms with Crippen molar-refractivity contribution in [3.63, 3.8) is 0 Å². The van der Waals surface area contributed by atoms with Gasteiger partial charge in [0.2, 0.25) is 5.91 Å². The number of carbonyl (C=O) groups excluding carboxylic acids is 2. The van der Waals surface area contributed by atoms with E-state index in [1.807, 2.05) is 32.9 Å². The predicted molar refractivity (Wildman–Crippen MR) is 83.7 cm³/mol. The first kappa shape index (κ1) is 16.7. The largest absolute Gasteiger partial charge is 0.356 e. The SMILES string of the molecule is Cc1cc(C(=O)NCCC(=O)NCC(C)C)ccc1Br. The molecule has 0 saturated carbocycles. The molecule has 110 valence electrons. The molecule has 5 heteroatoms. The highest BCUT2D eigenvalue weighted by Gasteiger charge is 2.08. The number of nitrogens with one attached hydrogen (secondary N) is 2. The van der Waals surface area contributed by atoms with Crippen LogP contribution in [0.15, 0.2) is 22.7 Å². The van der Waals surface area contributed by atoms with Gasteiger partial charge in [-0.15, -0.1) is 0 Å². The summed E-state index contributed by atoms with van der Waals surface area (Å²) in [4.78, 5) is 23.4. The number of amides is 2. The highest BCUT2D eigenvalue weighted by molar-refractivity contribution is 9.10. The van der Waals surface area contributed by atoms with E-state index in [1.165, 1.54) is 0 Å². The van der Waals surface area contributed by atoms with Crippen LogP contribution in [0.3, 0.4) is 0 Å². The monoisotopic (exact) mass is 340 g/mol. The van der Waals surface area contributed by atoms with E-state index in [-0.39, 0.29) is 11.8 Å². The van der Waals surface area contributed by atoms with Crippen molar-refractivity contribution in [3.05, 3.63) is 33.8 Å². The van der Waals surface area contributed by atoms with Gasteiger partial charge in [0.05, 0.1) is 0 Å². The van der Waals surface area contributed by atoms with Gasteiger partial charge in [-0.05, 0) is 36.6 Å². The molecule has 0 fully saturated rings. The van der Waals surface area contributed by atoms with E-state index in [0.29, 0.717) is 31.0 Å². The molecule has 0 radical (unpaired) electrons. The minimum Gasteiger partial charge on any atom is -0.356 e. The Bertz CT molecular complexity index is 487. The second-order valence-corrected chi connectivity index (χ2v) is 6.02. The van der Waals surface area contributed by atoms with E-state index >= 15 is 0 Å². The number of rotatable bonds is 6. The summed E-state index contributed by atoms with van der Waals surface area (Å²) in [5.41, 5.74) is 1.61. The van der Waals surface area contributed by atoms with E-state index in [2.05, 4.69) is 26.6 Å². The average molecular weight is 341 g/mol. The van der Waals surface area contributed by atoms with Crippen LogP contribution in [0.4, 0.5) is 0 Å². The summed E-state index contributed by atoms with van der Waals surface area (Å²) >= 11 is 3.39. The first-order valence-corrected chi connectivity index (χ1v) is 7.50.